The number of hydrogen-bond donors (Lipinski definition) is 0. The van der Waals surface area contributed by atoms with Crippen LogP contribution in [0.3, 0.4) is 0 Å². The van der Waals surface area contributed by atoms with Crippen LogP contribution in [-0.4, -0.2) is 37.1 Å². The number of amides is 1. The highest BCUT2D eigenvalue weighted by Gasteiger charge is 2.31. The van der Waals surface area contributed by atoms with Gasteiger partial charge >= 0.3 is 6.18 Å². The molecular weight excluding hydrogens is 307 g/mol. The second kappa shape index (κ2) is 7.51. The number of likely N-dealkylation sites (tertiary alicyclic amines) is 1. The fourth-order valence-corrected chi connectivity index (χ4v) is 2.65. The van der Waals surface area contributed by atoms with Gasteiger partial charge in [-0.2, -0.15) is 13.2 Å². The van der Waals surface area contributed by atoms with Gasteiger partial charge < -0.3 is 9.64 Å². The summed E-state index contributed by atoms with van der Waals surface area (Å²) in [5.74, 6) is 2.34. The van der Waals surface area contributed by atoms with E-state index >= 15 is 0 Å². The standard InChI is InChI=1S/C17H18F3NO2/c1-2-10-23-12-13-4-3-9-21(11-13)16(22)14-5-7-15(8-6-14)17(18,19)20/h1,5-8,13H,3-4,9-12H2. The van der Waals surface area contributed by atoms with Gasteiger partial charge in [0.25, 0.3) is 5.91 Å². The maximum atomic E-state index is 12.6. The number of nitrogens with zero attached hydrogens (tertiary/aromatic N) is 1. The van der Waals surface area contributed by atoms with Crippen molar-refractivity contribution in [3.63, 3.8) is 0 Å². The Hall–Kier alpha value is -2.00. The molecule has 124 valence electrons. The topological polar surface area (TPSA) is 29.5 Å². The lowest BCUT2D eigenvalue weighted by Crippen LogP contribution is -2.41. The molecule has 2 rings (SSSR count). The molecule has 3 nitrogen and oxygen atoms in total. The first-order valence-electron chi connectivity index (χ1n) is 7.39. The summed E-state index contributed by atoms with van der Waals surface area (Å²) in [6.07, 6.45) is 2.51. The van der Waals surface area contributed by atoms with Gasteiger partial charge in [0, 0.05) is 24.6 Å². The van der Waals surface area contributed by atoms with E-state index in [-0.39, 0.29) is 24.0 Å². The van der Waals surface area contributed by atoms with Gasteiger partial charge in [0.15, 0.2) is 0 Å². The van der Waals surface area contributed by atoms with Crippen molar-refractivity contribution >= 4 is 5.91 Å². The number of ether oxygens (including phenoxy) is 1. The number of terminal acetylenes is 1. The quantitative estimate of drug-likeness (QED) is 0.628. The van der Waals surface area contributed by atoms with Crippen LogP contribution in [0, 0.1) is 18.3 Å². The Labute approximate surface area is 133 Å². The summed E-state index contributed by atoms with van der Waals surface area (Å²) in [6.45, 7) is 1.86. The van der Waals surface area contributed by atoms with Crippen molar-refractivity contribution in [2.75, 3.05) is 26.3 Å². The van der Waals surface area contributed by atoms with E-state index in [2.05, 4.69) is 5.92 Å². The summed E-state index contributed by atoms with van der Waals surface area (Å²) in [5, 5.41) is 0. The minimum atomic E-state index is -4.40. The zero-order valence-corrected chi connectivity index (χ0v) is 12.6. The largest absolute Gasteiger partial charge is 0.416 e. The van der Waals surface area contributed by atoms with Crippen LogP contribution in [0.15, 0.2) is 24.3 Å². The van der Waals surface area contributed by atoms with Crippen molar-refractivity contribution in [3.05, 3.63) is 35.4 Å². The monoisotopic (exact) mass is 325 g/mol. The predicted molar refractivity (Wildman–Crippen MR) is 79.7 cm³/mol. The van der Waals surface area contributed by atoms with Gasteiger partial charge in [-0.1, -0.05) is 5.92 Å². The van der Waals surface area contributed by atoms with E-state index in [0.717, 1.165) is 25.0 Å². The Morgan fingerprint density at radius 2 is 2.04 bits per heavy atom. The number of halogens is 3. The van der Waals surface area contributed by atoms with Gasteiger partial charge in [0.1, 0.15) is 6.61 Å². The molecule has 0 saturated carbocycles. The van der Waals surface area contributed by atoms with Crippen LogP contribution in [0.4, 0.5) is 13.2 Å². The highest BCUT2D eigenvalue weighted by Crippen LogP contribution is 2.29. The molecule has 0 N–H and O–H groups in total. The van der Waals surface area contributed by atoms with Gasteiger partial charge in [0.2, 0.25) is 0 Å². The number of piperidine rings is 1. The highest BCUT2D eigenvalue weighted by atomic mass is 19.4. The number of carbonyl (C=O) groups is 1. The summed E-state index contributed by atoms with van der Waals surface area (Å²) in [4.78, 5) is 14.1. The normalized spacial score (nSPS) is 18.5. The molecule has 0 aromatic heterocycles. The third-order valence-corrected chi connectivity index (χ3v) is 3.80. The molecule has 1 unspecified atom stereocenters. The average Bonchev–Trinajstić information content (AvgIpc) is 2.54. The third kappa shape index (κ3) is 4.73. The molecule has 0 spiro atoms. The molecule has 23 heavy (non-hydrogen) atoms. The Bertz CT molecular complexity index is 575. The second-order valence-corrected chi connectivity index (χ2v) is 5.55. The molecule has 6 heteroatoms. The Balaban J connectivity index is 1.98. The molecule has 0 aliphatic carbocycles. The first kappa shape index (κ1) is 17.4. The van der Waals surface area contributed by atoms with Crippen LogP contribution in [0.25, 0.3) is 0 Å². The molecule has 1 aliphatic rings. The minimum Gasteiger partial charge on any atom is -0.368 e. The lowest BCUT2D eigenvalue weighted by atomic mass is 9.98. The predicted octanol–water partition coefficient (Wildman–Crippen LogP) is 3.21. The van der Waals surface area contributed by atoms with E-state index in [9.17, 15) is 18.0 Å². The van der Waals surface area contributed by atoms with Gasteiger partial charge in [-0.15, -0.1) is 6.42 Å². The highest BCUT2D eigenvalue weighted by molar-refractivity contribution is 5.94. The fraction of sp³-hybridized carbons (Fsp3) is 0.471. The van der Waals surface area contributed by atoms with Crippen LogP contribution in [0.5, 0.6) is 0 Å². The lowest BCUT2D eigenvalue weighted by molar-refractivity contribution is -0.137. The Kier molecular flexibility index (Phi) is 5.67. The Morgan fingerprint density at radius 3 is 2.65 bits per heavy atom. The number of hydrogen-bond acceptors (Lipinski definition) is 2. The molecule has 0 bridgehead atoms. The summed E-state index contributed by atoms with van der Waals surface area (Å²) in [5.41, 5.74) is -0.489. The minimum absolute atomic E-state index is 0.204. The molecule has 1 aromatic rings. The van der Waals surface area contributed by atoms with E-state index in [0.29, 0.717) is 19.7 Å². The molecule has 1 heterocycles. The number of carbonyl (C=O) groups excluding carboxylic acids is 1. The Morgan fingerprint density at radius 1 is 1.35 bits per heavy atom. The summed E-state index contributed by atoms with van der Waals surface area (Å²) >= 11 is 0. The molecule has 0 radical (unpaired) electrons. The van der Waals surface area contributed by atoms with Crippen molar-refractivity contribution in [2.45, 2.75) is 19.0 Å². The van der Waals surface area contributed by atoms with E-state index < -0.39 is 11.7 Å². The van der Waals surface area contributed by atoms with E-state index in [1.165, 1.54) is 12.1 Å². The van der Waals surface area contributed by atoms with Crippen molar-refractivity contribution in [1.82, 2.24) is 4.90 Å². The van der Waals surface area contributed by atoms with Gasteiger partial charge in [0.05, 0.1) is 12.2 Å². The van der Waals surface area contributed by atoms with Gasteiger partial charge in [-0.25, -0.2) is 0 Å². The summed E-state index contributed by atoms with van der Waals surface area (Å²) in [6, 6.07) is 4.32. The van der Waals surface area contributed by atoms with E-state index in [1.807, 2.05) is 0 Å². The molecule has 1 aliphatic heterocycles. The number of alkyl halides is 3. The number of benzene rings is 1. The fourth-order valence-electron chi connectivity index (χ4n) is 2.65. The molecule has 1 atom stereocenters. The van der Waals surface area contributed by atoms with Crippen molar-refractivity contribution < 1.29 is 22.7 Å². The maximum Gasteiger partial charge on any atom is 0.416 e. The molecule has 1 saturated heterocycles. The lowest BCUT2D eigenvalue weighted by Gasteiger charge is -2.32. The third-order valence-electron chi connectivity index (χ3n) is 3.80. The molecule has 1 amide bonds. The van der Waals surface area contributed by atoms with Crippen LogP contribution >= 0.6 is 0 Å². The van der Waals surface area contributed by atoms with E-state index in [1.54, 1.807) is 4.90 Å². The van der Waals surface area contributed by atoms with Crippen LogP contribution in [0.2, 0.25) is 0 Å². The number of rotatable bonds is 4. The SMILES string of the molecule is C#CCOCC1CCCN(C(=O)c2ccc(C(F)(F)F)cc2)C1. The zero-order chi connectivity index (χ0) is 16.9. The van der Waals surface area contributed by atoms with Crippen LogP contribution < -0.4 is 0 Å². The second-order valence-electron chi connectivity index (χ2n) is 5.55. The van der Waals surface area contributed by atoms with Gasteiger partial charge in [-0.3, -0.25) is 4.79 Å². The van der Waals surface area contributed by atoms with E-state index in [4.69, 9.17) is 11.2 Å². The first-order valence-corrected chi connectivity index (χ1v) is 7.39. The summed E-state index contributed by atoms with van der Waals surface area (Å²) < 4.78 is 43.0. The summed E-state index contributed by atoms with van der Waals surface area (Å²) in [7, 11) is 0. The van der Waals surface area contributed by atoms with Crippen molar-refractivity contribution in [1.29, 1.82) is 0 Å². The smallest absolute Gasteiger partial charge is 0.368 e. The first-order chi connectivity index (χ1) is 10.9. The average molecular weight is 325 g/mol. The zero-order valence-electron chi connectivity index (χ0n) is 12.6. The van der Waals surface area contributed by atoms with Crippen LogP contribution in [0.1, 0.15) is 28.8 Å². The van der Waals surface area contributed by atoms with Crippen molar-refractivity contribution in [3.8, 4) is 12.3 Å². The van der Waals surface area contributed by atoms with Crippen molar-refractivity contribution in [2.24, 2.45) is 5.92 Å². The maximum absolute atomic E-state index is 12.6. The molecular formula is C17H18F3NO2. The molecule has 1 aromatic carbocycles. The van der Waals surface area contributed by atoms with Crippen LogP contribution in [-0.2, 0) is 10.9 Å². The molecule has 1 fully saturated rings. The van der Waals surface area contributed by atoms with Gasteiger partial charge in [-0.05, 0) is 37.1 Å².